The molecular weight excluding hydrogens is 488 g/mol. The van der Waals surface area contributed by atoms with Crippen molar-refractivity contribution in [3.63, 3.8) is 0 Å². The number of amides is 2. The van der Waals surface area contributed by atoms with Gasteiger partial charge in [-0.2, -0.15) is 0 Å². The van der Waals surface area contributed by atoms with E-state index in [1.807, 2.05) is 17.0 Å². The third-order valence-corrected chi connectivity index (χ3v) is 7.10. The van der Waals surface area contributed by atoms with E-state index in [-0.39, 0.29) is 23.6 Å². The molecule has 37 heavy (non-hydrogen) atoms. The van der Waals surface area contributed by atoms with E-state index in [9.17, 15) is 9.59 Å². The fraction of sp³-hybridized carbons (Fsp3) is 0.448. The molecule has 8 heteroatoms. The minimum absolute atomic E-state index is 0.0533. The maximum absolute atomic E-state index is 13.0. The number of aromatic nitrogens is 1. The molecule has 4 rings (SSSR count). The maximum atomic E-state index is 13.0. The van der Waals surface area contributed by atoms with E-state index in [2.05, 4.69) is 30.2 Å². The van der Waals surface area contributed by atoms with E-state index in [0.29, 0.717) is 36.3 Å². The van der Waals surface area contributed by atoms with Crippen molar-refractivity contribution in [1.82, 2.24) is 15.2 Å². The van der Waals surface area contributed by atoms with Gasteiger partial charge in [-0.15, -0.1) is 0 Å². The molecule has 0 radical (unpaired) electrons. The van der Waals surface area contributed by atoms with E-state index in [1.54, 1.807) is 31.3 Å². The summed E-state index contributed by atoms with van der Waals surface area (Å²) >= 11 is 5.96. The normalized spacial score (nSPS) is 18.2. The molecule has 2 amide bonds. The van der Waals surface area contributed by atoms with Gasteiger partial charge in [0.1, 0.15) is 17.5 Å². The Hall–Kier alpha value is -3.19. The molecule has 1 unspecified atom stereocenters. The van der Waals surface area contributed by atoms with Gasteiger partial charge in [0, 0.05) is 62.4 Å². The zero-order valence-corrected chi connectivity index (χ0v) is 22.6. The second-order valence-corrected chi connectivity index (χ2v) is 10.3. The van der Waals surface area contributed by atoms with E-state index < -0.39 is 0 Å². The molecule has 0 bridgehead atoms. The Kier molecular flexibility index (Phi) is 8.98. The number of nitrogens with zero attached hydrogens (tertiary/aromatic N) is 3. The van der Waals surface area contributed by atoms with Gasteiger partial charge < -0.3 is 15.0 Å². The van der Waals surface area contributed by atoms with Crippen LogP contribution < -0.4 is 10.1 Å². The molecule has 0 spiro atoms. The van der Waals surface area contributed by atoms with Crippen molar-refractivity contribution in [2.45, 2.75) is 65.5 Å². The van der Waals surface area contributed by atoms with Gasteiger partial charge in [0.25, 0.3) is 5.91 Å². The van der Waals surface area contributed by atoms with Crippen LogP contribution in [-0.2, 0) is 11.3 Å². The number of halogens is 1. The molecular formula is C29H35ClN4O3. The number of aliphatic imine (C=N–C) groups is 1. The Morgan fingerprint density at radius 1 is 1.19 bits per heavy atom. The van der Waals surface area contributed by atoms with Crippen LogP contribution >= 0.6 is 11.6 Å². The molecule has 1 aromatic heterocycles. The summed E-state index contributed by atoms with van der Waals surface area (Å²) in [5, 5.41) is 3.58. The number of piperidine rings is 1. The highest BCUT2D eigenvalue weighted by Gasteiger charge is 2.25. The van der Waals surface area contributed by atoms with Crippen LogP contribution in [0.2, 0.25) is 5.02 Å². The van der Waals surface area contributed by atoms with Gasteiger partial charge in [0.05, 0.1) is 11.3 Å². The number of likely N-dealkylation sites (tertiary alicyclic amines) is 1. The van der Waals surface area contributed by atoms with Gasteiger partial charge in [0.15, 0.2) is 0 Å². The third kappa shape index (κ3) is 7.19. The molecule has 2 aliphatic heterocycles. The summed E-state index contributed by atoms with van der Waals surface area (Å²) in [7, 11) is 0. The second kappa shape index (κ2) is 12.4. The number of nitrogens with one attached hydrogen (secondary N) is 1. The van der Waals surface area contributed by atoms with Crippen LogP contribution in [0.4, 0.5) is 0 Å². The van der Waals surface area contributed by atoms with Crippen LogP contribution in [0.1, 0.15) is 74.5 Å². The number of hydrogen-bond donors (Lipinski definition) is 1. The molecule has 1 N–H and O–H groups in total. The lowest BCUT2D eigenvalue weighted by Gasteiger charge is -2.32. The Morgan fingerprint density at radius 2 is 1.92 bits per heavy atom. The molecule has 0 saturated carbocycles. The summed E-state index contributed by atoms with van der Waals surface area (Å²) < 4.78 is 6.48. The zero-order chi connectivity index (χ0) is 26.4. The summed E-state index contributed by atoms with van der Waals surface area (Å²) in [5.41, 5.74) is 3.96. The Balaban J connectivity index is 1.57. The van der Waals surface area contributed by atoms with E-state index in [0.717, 1.165) is 54.6 Å². The van der Waals surface area contributed by atoms with Crippen molar-refractivity contribution in [2.75, 3.05) is 13.1 Å². The Morgan fingerprint density at radius 3 is 2.59 bits per heavy atom. The Labute approximate surface area is 224 Å². The van der Waals surface area contributed by atoms with E-state index in [1.165, 1.54) is 0 Å². The van der Waals surface area contributed by atoms with Gasteiger partial charge >= 0.3 is 0 Å². The average molecular weight is 523 g/mol. The number of rotatable bonds is 8. The van der Waals surface area contributed by atoms with Crippen molar-refractivity contribution < 1.29 is 14.3 Å². The van der Waals surface area contributed by atoms with Crippen LogP contribution in [0.5, 0.6) is 5.75 Å². The quantitative estimate of drug-likeness (QED) is 0.483. The topological polar surface area (TPSA) is 83.9 Å². The van der Waals surface area contributed by atoms with Gasteiger partial charge in [-0.3, -0.25) is 19.6 Å². The fourth-order valence-electron chi connectivity index (χ4n) is 4.85. The van der Waals surface area contributed by atoms with Gasteiger partial charge in [-0.1, -0.05) is 43.2 Å². The van der Waals surface area contributed by atoms with Crippen molar-refractivity contribution in [3.05, 3.63) is 64.4 Å². The molecule has 1 atom stereocenters. The number of benzene rings is 1. The minimum atomic E-state index is -0.279. The third-order valence-electron chi connectivity index (χ3n) is 6.84. The monoisotopic (exact) mass is 522 g/mol. The minimum Gasteiger partial charge on any atom is -0.489 e. The number of pyridine rings is 1. The molecule has 1 fully saturated rings. The average Bonchev–Trinajstić information content (AvgIpc) is 2.88. The lowest BCUT2D eigenvalue weighted by molar-refractivity contribution is -0.130. The molecule has 2 aliphatic rings. The number of carbonyl (C=O) groups is 2. The number of ether oxygens (including phenoxy) is 1. The van der Waals surface area contributed by atoms with Gasteiger partial charge in [-0.25, -0.2) is 0 Å². The highest BCUT2D eigenvalue weighted by Crippen LogP contribution is 2.34. The van der Waals surface area contributed by atoms with E-state index in [4.69, 9.17) is 21.3 Å². The first-order valence-electron chi connectivity index (χ1n) is 13.0. The SMILES string of the molecule is CCCC1C=C(c2cnc(C(=O)NCc3ccc(Cl)cc3)cc2OC2CCN(C(C)=O)CC2)N=C(C)C1. The first-order valence-corrected chi connectivity index (χ1v) is 13.4. The number of allylic oxidation sites excluding steroid dienone is 1. The summed E-state index contributed by atoms with van der Waals surface area (Å²) in [6, 6.07) is 9.07. The van der Waals surface area contributed by atoms with Crippen LogP contribution in [0.15, 0.2) is 47.6 Å². The van der Waals surface area contributed by atoms with Crippen LogP contribution in [-0.4, -0.2) is 46.6 Å². The van der Waals surface area contributed by atoms with Crippen molar-refractivity contribution in [2.24, 2.45) is 10.9 Å². The molecule has 196 valence electrons. The standard InChI is InChI=1S/C29H35ClN4O3/c1-4-5-22-14-19(2)33-26(15-22)25-18-31-27(29(36)32-17-21-6-8-23(30)9-7-21)16-28(25)37-24-10-12-34(13-11-24)20(3)35/h6-9,15-16,18,22,24H,4-5,10-14,17H2,1-3H3,(H,32,36). The van der Waals surface area contributed by atoms with Crippen molar-refractivity contribution >= 4 is 34.8 Å². The molecule has 2 aromatic rings. The maximum Gasteiger partial charge on any atom is 0.270 e. The number of hydrogen-bond acceptors (Lipinski definition) is 5. The lowest BCUT2D eigenvalue weighted by Crippen LogP contribution is -2.40. The molecule has 3 heterocycles. The van der Waals surface area contributed by atoms with E-state index >= 15 is 0 Å². The predicted octanol–water partition coefficient (Wildman–Crippen LogP) is 5.68. The first kappa shape index (κ1) is 26.9. The van der Waals surface area contributed by atoms with Crippen LogP contribution in [0.25, 0.3) is 5.70 Å². The summed E-state index contributed by atoms with van der Waals surface area (Å²) in [6.07, 6.45) is 8.48. The molecule has 1 saturated heterocycles. The van der Waals surface area contributed by atoms with Crippen molar-refractivity contribution in [3.8, 4) is 5.75 Å². The molecule has 1 aromatic carbocycles. The van der Waals surface area contributed by atoms with Crippen molar-refractivity contribution in [1.29, 1.82) is 0 Å². The largest absolute Gasteiger partial charge is 0.489 e. The first-order chi connectivity index (χ1) is 17.8. The summed E-state index contributed by atoms with van der Waals surface area (Å²) in [5.74, 6) is 0.833. The summed E-state index contributed by atoms with van der Waals surface area (Å²) in [6.45, 7) is 7.53. The Bertz CT molecular complexity index is 1180. The van der Waals surface area contributed by atoms with Gasteiger partial charge in [-0.05, 0) is 43.4 Å². The molecule has 0 aliphatic carbocycles. The smallest absolute Gasteiger partial charge is 0.270 e. The molecule has 7 nitrogen and oxygen atoms in total. The summed E-state index contributed by atoms with van der Waals surface area (Å²) in [4.78, 5) is 35.9. The highest BCUT2D eigenvalue weighted by atomic mass is 35.5. The predicted molar refractivity (Wildman–Crippen MR) is 147 cm³/mol. The van der Waals surface area contributed by atoms with Gasteiger partial charge in [0.2, 0.25) is 5.91 Å². The second-order valence-electron chi connectivity index (χ2n) is 9.85. The fourth-order valence-corrected chi connectivity index (χ4v) is 4.98. The number of carbonyl (C=O) groups excluding carboxylic acids is 2. The highest BCUT2D eigenvalue weighted by molar-refractivity contribution is 6.30. The zero-order valence-electron chi connectivity index (χ0n) is 21.8. The van der Waals surface area contributed by atoms with Crippen LogP contribution in [0.3, 0.4) is 0 Å². The van der Waals surface area contributed by atoms with Crippen LogP contribution in [0, 0.1) is 5.92 Å². The lowest BCUT2D eigenvalue weighted by atomic mass is 9.92.